The minimum absolute atomic E-state index is 0.0166. The third kappa shape index (κ3) is 3.73. The number of carbonyl (C=O) groups is 1. The van der Waals surface area contributed by atoms with Crippen LogP contribution in [-0.2, 0) is 10.3 Å². The van der Waals surface area contributed by atoms with Gasteiger partial charge in [-0.05, 0) is 24.5 Å². The van der Waals surface area contributed by atoms with E-state index >= 15 is 0 Å². The molecule has 0 unspecified atom stereocenters. The van der Waals surface area contributed by atoms with Crippen LogP contribution in [0.5, 0.6) is 0 Å². The monoisotopic (exact) mass is 342 g/mol. The molecule has 1 heterocycles. The van der Waals surface area contributed by atoms with E-state index in [1.165, 1.54) is 18.2 Å². The number of carbonyl (C=O) groups excluding carboxylic acids is 1. The van der Waals surface area contributed by atoms with E-state index in [4.69, 9.17) is 4.52 Å². The second kappa shape index (κ2) is 6.84. The van der Waals surface area contributed by atoms with Crippen LogP contribution in [-0.4, -0.2) is 21.0 Å². The topological polar surface area (TPSA) is 111 Å². The summed E-state index contributed by atoms with van der Waals surface area (Å²) in [6.45, 7) is 1.71. The van der Waals surface area contributed by atoms with E-state index in [2.05, 4.69) is 15.5 Å². The molecule has 1 saturated carbocycles. The van der Waals surface area contributed by atoms with Crippen molar-refractivity contribution in [3.05, 3.63) is 57.7 Å². The Bertz CT molecular complexity index is 822. The molecule has 130 valence electrons. The van der Waals surface area contributed by atoms with Crippen LogP contribution in [0.4, 0.5) is 5.69 Å². The predicted octanol–water partition coefficient (Wildman–Crippen LogP) is 2.89. The third-order valence-corrected chi connectivity index (χ3v) is 4.28. The molecule has 3 rings (SSSR count). The van der Waals surface area contributed by atoms with Gasteiger partial charge in [-0.15, -0.1) is 0 Å². The van der Waals surface area contributed by atoms with Crippen LogP contribution >= 0.6 is 0 Å². The molecular weight excluding hydrogens is 324 g/mol. The fourth-order valence-corrected chi connectivity index (χ4v) is 3.07. The maximum absolute atomic E-state index is 12.4. The summed E-state index contributed by atoms with van der Waals surface area (Å²) in [6, 6.07) is 6.10. The van der Waals surface area contributed by atoms with Crippen LogP contribution in [0.2, 0.25) is 0 Å². The first-order chi connectivity index (χ1) is 12.0. The van der Waals surface area contributed by atoms with Gasteiger partial charge in [0.15, 0.2) is 5.82 Å². The van der Waals surface area contributed by atoms with Crippen LogP contribution in [0.1, 0.15) is 43.0 Å². The number of aromatic nitrogens is 2. The number of nitro benzene ring substituents is 1. The third-order valence-electron chi connectivity index (χ3n) is 4.28. The molecule has 1 aliphatic rings. The van der Waals surface area contributed by atoms with Crippen molar-refractivity contribution in [3.8, 4) is 0 Å². The Hall–Kier alpha value is -3.03. The fourth-order valence-electron chi connectivity index (χ4n) is 3.07. The highest BCUT2D eigenvalue weighted by Crippen LogP contribution is 2.37. The number of hydrogen-bond donors (Lipinski definition) is 1. The number of rotatable bonds is 5. The van der Waals surface area contributed by atoms with Crippen molar-refractivity contribution >= 4 is 17.7 Å². The number of nitro groups is 1. The Morgan fingerprint density at radius 3 is 2.80 bits per heavy atom. The minimum atomic E-state index is -0.609. The molecule has 1 aromatic heterocycles. The first-order valence-electron chi connectivity index (χ1n) is 8.04. The van der Waals surface area contributed by atoms with Crippen molar-refractivity contribution in [2.24, 2.45) is 0 Å². The number of benzene rings is 1. The lowest BCUT2D eigenvalue weighted by Crippen LogP contribution is -2.44. The maximum atomic E-state index is 12.4. The zero-order chi connectivity index (χ0) is 17.9. The van der Waals surface area contributed by atoms with Crippen molar-refractivity contribution in [1.82, 2.24) is 15.5 Å². The summed E-state index contributed by atoms with van der Waals surface area (Å²) < 4.78 is 5.05. The zero-order valence-corrected chi connectivity index (χ0v) is 13.8. The standard InChI is InChI=1S/C17H18N4O4/c1-12-18-16(20-25-12)17(9-2-3-10-17)19-15(22)8-7-13-5-4-6-14(11-13)21(23)24/h4-8,11H,2-3,9-10H2,1H3,(H,19,22)/b8-7+. The highest BCUT2D eigenvalue weighted by molar-refractivity contribution is 5.92. The molecule has 1 aliphatic carbocycles. The van der Waals surface area contributed by atoms with Gasteiger partial charge in [0.25, 0.3) is 5.69 Å². The van der Waals surface area contributed by atoms with E-state index in [9.17, 15) is 14.9 Å². The smallest absolute Gasteiger partial charge is 0.270 e. The predicted molar refractivity (Wildman–Crippen MR) is 89.5 cm³/mol. The van der Waals surface area contributed by atoms with E-state index < -0.39 is 10.5 Å². The van der Waals surface area contributed by atoms with E-state index in [1.807, 2.05) is 0 Å². The first-order valence-corrected chi connectivity index (χ1v) is 8.04. The van der Waals surface area contributed by atoms with E-state index in [1.54, 1.807) is 25.1 Å². The SMILES string of the molecule is Cc1nc(C2(NC(=O)/C=C/c3cccc([N+](=O)[O-])c3)CCCC2)no1. The molecule has 0 aliphatic heterocycles. The van der Waals surface area contributed by atoms with Gasteiger partial charge in [-0.1, -0.05) is 30.1 Å². The van der Waals surface area contributed by atoms with Crippen LogP contribution in [0.15, 0.2) is 34.9 Å². The molecule has 8 heteroatoms. The average Bonchev–Trinajstić information content (AvgIpc) is 3.23. The van der Waals surface area contributed by atoms with Gasteiger partial charge >= 0.3 is 0 Å². The second-order valence-electron chi connectivity index (χ2n) is 6.10. The number of non-ortho nitro benzene ring substituents is 1. The van der Waals surface area contributed by atoms with Crippen molar-refractivity contribution < 1.29 is 14.2 Å². The molecular formula is C17H18N4O4. The summed E-state index contributed by atoms with van der Waals surface area (Å²) >= 11 is 0. The molecule has 1 fully saturated rings. The number of hydrogen-bond acceptors (Lipinski definition) is 6. The van der Waals surface area contributed by atoms with Crippen LogP contribution in [0, 0.1) is 17.0 Å². The molecule has 8 nitrogen and oxygen atoms in total. The summed E-state index contributed by atoms with van der Waals surface area (Å²) in [5.74, 6) is 0.665. The molecule has 2 aromatic rings. The number of amides is 1. The Morgan fingerprint density at radius 2 is 2.16 bits per heavy atom. The summed E-state index contributed by atoms with van der Waals surface area (Å²) in [7, 11) is 0. The number of nitrogens with zero attached hydrogens (tertiary/aromatic N) is 3. The lowest BCUT2D eigenvalue weighted by molar-refractivity contribution is -0.384. The highest BCUT2D eigenvalue weighted by atomic mass is 16.6. The molecule has 25 heavy (non-hydrogen) atoms. The minimum Gasteiger partial charge on any atom is -0.340 e. The molecule has 0 spiro atoms. The summed E-state index contributed by atoms with van der Waals surface area (Å²) in [6.07, 6.45) is 6.37. The van der Waals surface area contributed by atoms with Gasteiger partial charge in [0.2, 0.25) is 11.8 Å². The highest BCUT2D eigenvalue weighted by Gasteiger charge is 2.40. The van der Waals surface area contributed by atoms with Crippen molar-refractivity contribution in [2.45, 2.75) is 38.1 Å². The van der Waals surface area contributed by atoms with Gasteiger partial charge in [0, 0.05) is 25.1 Å². The van der Waals surface area contributed by atoms with Crippen molar-refractivity contribution in [1.29, 1.82) is 0 Å². The van der Waals surface area contributed by atoms with Gasteiger partial charge in [-0.3, -0.25) is 14.9 Å². The average molecular weight is 342 g/mol. The Balaban J connectivity index is 1.74. The molecule has 0 bridgehead atoms. The molecule has 0 atom stereocenters. The quantitative estimate of drug-likeness (QED) is 0.508. The number of aryl methyl sites for hydroxylation is 1. The molecule has 0 saturated heterocycles. The van der Waals surface area contributed by atoms with Gasteiger partial charge in [-0.2, -0.15) is 4.98 Å². The van der Waals surface area contributed by atoms with Crippen LogP contribution in [0.25, 0.3) is 6.08 Å². The van der Waals surface area contributed by atoms with Gasteiger partial charge in [0.1, 0.15) is 5.54 Å². The van der Waals surface area contributed by atoms with Crippen LogP contribution < -0.4 is 5.32 Å². The van der Waals surface area contributed by atoms with Gasteiger partial charge in [0.05, 0.1) is 4.92 Å². The molecule has 0 radical (unpaired) electrons. The Kier molecular flexibility index (Phi) is 4.60. The van der Waals surface area contributed by atoms with E-state index in [-0.39, 0.29) is 11.6 Å². The molecule has 1 N–H and O–H groups in total. The lowest BCUT2D eigenvalue weighted by Gasteiger charge is -2.25. The van der Waals surface area contributed by atoms with Crippen molar-refractivity contribution in [3.63, 3.8) is 0 Å². The molecule has 1 amide bonds. The number of nitrogens with one attached hydrogen (secondary N) is 1. The zero-order valence-electron chi connectivity index (χ0n) is 13.8. The van der Waals surface area contributed by atoms with Gasteiger partial charge < -0.3 is 9.84 Å². The Labute approximate surface area is 144 Å². The molecule has 1 aromatic carbocycles. The largest absolute Gasteiger partial charge is 0.340 e. The lowest BCUT2D eigenvalue weighted by atomic mass is 9.96. The van der Waals surface area contributed by atoms with Crippen LogP contribution in [0.3, 0.4) is 0 Å². The Morgan fingerprint density at radius 1 is 1.40 bits per heavy atom. The van der Waals surface area contributed by atoms with Gasteiger partial charge in [-0.25, -0.2) is 0 Å². The van der Waals surface area contributed by atoms with Crippen molar-refractivity contribution in [2.75, 3.05) is 0 Å². The summed E-state index contributed by atoms with van der Waals surface area (Å²) in [5, 5.41) is 17.8. The first kappa shape index (κ1) is 16.8. The second-order valence-corrected chi connectivity index (χ2v) is 6.10. The van der Waals surface area contributed by atoms with E-state index in [0.29, 0.717) is 17.3 Å². The van der Waals surface area contributed by atoms with E-state index in [0.717, 1.165) is 25.7 Å². The summed E-state index contributed by atoms with van der Waals surface area (Å²) in [5.41, 5.74) is -0.0423. The normalized spacial score (nSPS) is 16.2. The summed E-state index contributed by atoms with van der Waals surface area (Å²) in [4.78, 5) is 27.0. The fraction of sp³-hybridized carbons (Fsp3) is 0.353. The maximum Gasteiger partial charge on any atom is 0.270 e.